The van der Waals surface area contributed by atoms with E-state index in [1.165, 1.54) is 12.1 Å². The maximum Gasteiger partial charge on any atom is 0.387 e. The molecule has 0 aliphatic rings. The summed E-state index contributed by atoms with van der Waals surface area (Å²) in [7, 11) is 0. The van der Waals surface area contributed by atoms with Crippen LogP contribution in [0.2, 0.25) is 0 Å². The van der Waals surface area contributed by atoms with Gasteiger partial charge in [-0.2, -0.15) is 8.78 Å². The van der Waals surface area contributed by atoms with Crippen LogP contribution in [0.4, 0.5) is 8.78 Å². The van der Waals surface area contributed by atoms with Gasteiger partial charge in [0.2, 0.25) is 5.91 Å². The molecule has 112 valence electrons. The van der Waals surface area contributed by atoms with Crippen LogP contribution in [0.25, 0.3) is 0 Å². The molecule has 0 bridgehead atoms. The SMILES string of the molecule is CCOCCCNC(=O)Cc1ccc(OC(F)F)cc1. The molecule has 0 aliphatic carbocycles. The summed E-state index contributed by atoms with van der Waals surface area (Å²) in [5, 5.41) is 2.77. The van der Waals surface area contributed by atoms with Gasteiger partial charge in [-0.25, -0.2) is 0 Å². The van der Waals surface area contributed by atoms with Crippen LogP contribution >= 0.6 is 0 Å². The van der Waals surface area contributed by atoms with E-state index in [1.54, 1.807) is 12.1 Å². The maximum atomic E-state index is 12.0. The monoisotopic (exact) mass is 287 g/mol. The van der Waals surface area contributed by atoms with Gasteiger partial charge in [0.15, 0.2) is 0 Å². The zero-order chi connectivity index (χ0) is 14.8. The van der Waals surface area contributed by atoms with Gasteiger partial charge in [-0.05, 0) is 31.0 Å². The van der Waals surface area contributed by atoms with Crippen molar-refractivity contribution in [1.82, 2.24) is 5.32 Å². The number of alkyl halides is 2. The first-order chi connectivity index (χ1) is 9.61. The highest BCUT2D eigenvalue weighted by Crippen LogP contribution is 2.15. The number of hydrogen-bond acceptors (Lipinski definition) is 3. The molecule has 1 aromatic rings. The van der Waals surface area contributed by atoms with E-state index in [4.69, 9.17) is 4.74 Å². The molecule has 0 saturated heterocycles. The van der Waals surface area contributed by atoms with Crippen molar-refractivity contribution in [2.45, 2.75) is 26.4 Å². The van der Waals surface area contributed by atoms with Crippen molar-refractivity contribution >= 4 is 5.91 Å². The first-order valence-corrected chi connectivity index (χ1v) is 6.50. The Kier molecular flexibility index (Phi) is 7.57. The molecule has 0 heterocycles. The van der Waals surface area contributed by atoms with Crippen LogP contribution in [0.5, 0.6) is 5.75 Å². The molecule has 0 spiro atoms. The highest BCUT2D eigenvalue weighted by atomic mass is 19.3. The Balaban J connectivity index is 2.27. The van der Waals surface area contributed by atoms with E-state index < -0.39 is 6.61 Å². The van der Waals surface area contributed by atoms with E-state index >= 15 is 0 Å². The molecular formula is C14H19F2NO3. The van der Waals surface area contributed by atoms with Crippen LogP contribution in [-0.2, 0) is 16.0 Å². The minimum atomic E-state index is -2.84. The van der Waals surface area contributed by atoms with Crippen LogP contribution in [0.3, 0.4) is 0 Å². The number of ether oxygens (including phenoxy) is 2. The fourth-order valence-corrected chi connectivity index (χ4v) is 1.58. The predicted molar refractivity (Wildman–Crippen MR) is 70.9 cm³/mol. The quantitative estimate of drug-likeness (QED) is 0.709. The van der Waals surface area contributed by atoms with Crippen molar-refractivity contribution in [3.05, 3.63) is 29.8 Å². The topological polar surface area (TPSA) is 47.6 Å². The van der Waals surface area contributed by atoms with E-state index in [9.17, 15) is 13.6 Å². The fraction of sp³-hybridized carbons (Fsp3) is 0.500. The predicted octanol–water partition coefficient (Wildman–Crippen LogP) is 2.37. The van der Waals surface area contributed by atoms with Gasteiger partial charge in [0.25, 0.3) is 0 Å². The Morgan fingerprint density at radius 2 is 2.00 bits per heavy atom. The van der Waals surface area contributed by atoms with Crippen molar-refractivity contribution in [1.29, 1.82) is 0 Å². The van der Waals surface area contributed by atoms with Gasteiger partial charge in [-0.1, -0.05) is 12.1 Å². The van der Waals surface area contributed by atoms with Gasteiger partial charge in [-0.15, -0.1) is 0 Å². The fourth-order valence-electron chi connectivity index (χ4n) is 1.58. The summed E-state index contributed by atoms with van der Waals surface area (Å²) in [6, 6.07) is 6.03. The molecule has 4 nitrogen and oxygen atoms in total. The first kappa shape index (κ1) is 16.4. The lowest BCUT2D eigenvalue weighted by atomic mass is 10.1. The zero-order valence-electron chi connectivity index (χ0n) is 11.4. The summed E-state index contributed by atoms with van der Waals surface area (Å²) in [4.78, 5) is 11.6. The van der Waals surface area contributed by atoms with E-state index in [0.717, 1.165) is 12.0 Å². The van der Waals surface area contributed by atoms with Crippen molar-refractivity contribution in [2.75, 3.05) is 19.8 Å². The smallest absolute Gasteiger partial charge is 0.387 e. The highest BCUT2D eigenvalue weighted by Gasteiger charge is 2.06. The molecule has 20 heavy (non-hydrogen) atoms. The summed E-state index contributed by atoms with van der Waals surface area (Å²) in [6.45, 7) is 0.928. The van der Waals surface area contributed by atoms with Gasteiger partial charge in [0, 0.05) is 19.8 Å². The molecule has 0 aliphatic heterocycles. The summed E-state index contributed by atoms with van der Waals surface area (Å²) in [5.74, 6) is -0.0232. The van der Waals surface area contributed by atoms with E-state index in [0.29, 0.717) is 19.8 Å². The number of amides is 1. The average molecular weight is 287 g/mol. The summed E-state index contributed by atoms with van der Waals surface area (Å²) in [5.41, 5.74) is 0.744. The molecule has 0 unspecified atom stereocenters. The summed E-state index contributed by atoms with van der Waals surface area (Å²) >= 11 is 0. The van der Waals surface area contributed by atoms with Crippen LogP contribution in [0, 0.1) is 0 Å². The van der Waals surface area contributed by atoms with Gasteiger partial charge >= 0.3 is 6.61 Å². The molecule has 0 fully saturated rings. The van der Waals surface area contributed by atoms with E-state index in [1.807, 2.05) is 6.92 Å². The standard InChI is InChI=1S/C14H19F2NO3/c1-2-19-9-3-8-17-13(18)10-11-4-6-12(7-5-11)20-14(15)16/h4-7,14H,2-3,8-10H2,1H3,(H,17,18). The molecule has 0 aromatic heterocycles. The first-order valence-electron chi connectivity index (χ1n) is 6.50. The second-order valence-corrected chi connectivity index (χ2v) is 4.10. The van der Waals surface area contributed by atoms with Crippen LogP contribution in [0.1, 0.15) is 18.9 Å². The molecular weight excluding hydrogens is 268 g/mol. The Labute approximate surface area is 117 Å². The summed E-state index contributed by atoms with van der Waals surface area (Å²) in [6.07, 6.45) is 0.977. The van der Waals surface area contributed by atoms with Crippen LogP contribution < -0.4 is 10.1 Å². The lowest BCUT2D eigenvalue weighted by Gasteiger charge is -2.07. The van der Waals surface area contributed by atoms with Crippen molar-refractivity contribution in [3.63, 3.8) is 0 Å². The van der Waals surface area contributed by atoms with E-state index in [-0.39, 0.29) is 18.1 Å². The Hall–Kier alpha value is -1.69. The number of carbonyl (C=O) groups is 1. The molecule has 0 saturated carbocycles. The molecule has 0 radical (unpaired) electrons. The molecule has 1 amide bonds. The third kappa shape index (κ3) is 7.04. The largest absolute Gasteiger partial charge is 0.435 e. The van der Waals surface area contributed by atoms with Gasteiger partial charge in [0.1, 0.15) is 5.75 Å². The maximum absolute atomic E-state index is 12.0. The van der Waals surface area contributed by atoms with E-state index in [2.05, 4.69) is 10.1 Å². The normalized spacial score (nSPS) is 10.6. The Morgan fingerprint density at radius 3 is 2.60 bits per heavy atom. The number of halogens is 2. The summed E-state index contributed by atoms with van der Waals surface area (Å²) < 4.78 is 33.3. The lowest BCUT2D eigenvalue weighted by Crippen LogP contribution is -2.26. The number of hydrogen-bond donors (Lipinski definition) is 1. The molecule has 1 aromatic carbocycles. The minimum Gasteiger partial charge on any atom is -0.435 e. The van der Waals surface area contributed by atoms with Gasteiger partial charge in [0.05, 0.1) is 6.42 Å². The van der Waals surface area contributed by atoms with Gasteiger partial charge < -0.3 is 14.8 Å². The number of carbonyl (C=O) groups excluding carboxylic acids is 1. The second-order valence-electron chi connectivity index (χ2n) is 4.10. The van der Waals surface area contributed by atoms with Crippen LogP contribution in [0.15, 0.2) is 24.3 Å². The zero-order valence-corrected chi connectivity index (χ0v) is 11.4. The van der Waals surface area contributed by atoms with Crippen molar-refractivity contribution < 1.29 is 23.0 Å². The average Bonchev–Trinajstić information content (AvgIpc) is 2.40. The van der Waals surface area contributed by atoms with Gasteiger partial charge in [-0.3, -0.25) is 4.79 Å². The number of rotatable bonds is 9. The highest BCUT2D eigenvalue weighted by molar-refractivity contribution is 5.78. The third-order valence-electron chi connectivity index (χ3n) is 2.50. The van der Waals surface area contributed by atoms with Crippen molar-refractivity contribution in [3.8, 4) is 5.75 Å². The Bertz CT molecular complexity index is 396. The number of benzene rings is 1. The molecule has 1 rings (SSSR count). The minimum absolute atomic E-state index is 0.0841. The molecule has 6 heteroatoms. The molecule has 1 N–H and O–H groups in total. The van der Waals surface area contributed by atoms with Crippen molar-refractivity contribution in [2.24, 2.45) is 0 Å². The molecule has 0 atom stereocenters. The Morgan fingerprint density at radius 1 is 1.30 bits per heavy atom. The third-order valence-corrected chi connectivity index (χ3v) is 2.50. The lowest BCUT2D eigenvalue weighted by molar-refractivity contribution is -0.120. The van der Waals surface area contributed by atoms with Crippen LogP contribution in [-0.4, -0.2) is 32.3 Å². The second kappa shape index (κ2) is 9.25. The number of nitrogens with one attached hydrogen (secondary N) is 1.